The van der Waals surface area contributed by atoms with E-state index in [1.807, 2.05) is 0 Å². The van der Waals surface area contributed by atoms with Crippen LogP contribution in [0.1, 0.15) is 12.5 Å². The number of halogens is 5. The van der Waals surface area contributed by atoms with E-state index in [9.17, 15) is 13.2 Å². The fourth-order valence-corrected chi connectivity index (χ4v) is 1.58. The van der Waals surface area contributed by atoms with Gasteiger partial charge in [0.25, 0.3) is 0 Å². The second-order valence-electron chi connectivity index (χ2n) is 3.23. The van der Waals surface area contributed by atoms with Gasteiger partial charge < -0.3 is 0 Å². The van der Waals surface area contributed by atoms with E-state index < -0.39 is 11.7 Å². The molecule has 4 nitrogen and oxygen atoms in total. The second kappa shape index (κ2) is 5.64. The van der Waals surface area contributed by atoms with Gasteiger partial charge in [0, 0.05) is 0 Å². The van der Waals surface area contributed by atoms with Crippen molar-refractivity contribution in [1.29, 1.82) is 0 Å². The topological polar surface area (TPSA) is 56.7 Å². The van der Waals surface area contributed by atoms with Crippen molar-refractivity contribution in [2.75, 3.05) is 5.43 Å². The molecule has 0 amide bonds. The molecule has 1 aromatic rings. The number of benzene rings is 1. The van der Waals surface area contributed by atoms with Crippen molar-refractivity contribution in [3.05, 3.63) is 27.7 Å². The lowest BCUT2D eigenvalue weighted by atomic mass is 10.2. The van der Waals surface area contributed by atoms with E-state index in [2.05, 4.69) is 10.5 Å². The molecule has 0 saturated heterocycles. The first-order valence-corrected chi connectivity index (χ1v) is 5.28. The van der Waals surface area contributed by atoms with Crippen LogP contribution in [0.5, 0.6) is 0 Å². The summed E-state index contributed by atoms with van der Waals surface area (Å²) in [6.07, 6.45) is -4.53. The monoisotopic (exact) mass is 301 g/mol. The number of amidine groups is 1. The third-order valence-electron chi connectivity index (χ3n) is 1.87. The number of anilines is 1. The Morgan fingerprint density at radius 1 is 1.28 bits per heavy atom. The molecule has 1 rings (SSSR count). The highest BCUT2D eigenvalue weighted by Crippen LogP contribution is 2.38. The molecule has 0 atom stereocenters. The molecule has 0 aliphatic heterocycles. The van der Waals surface area contributed by atoms with E-state index in [-0.39, 0.29) is 21.6 Å². The fourth-order valence-electron chi connectivity index (χ4n) is 1.01. The lowest BCUT2D eigenvalue weighted by Crippen LogP contribution is -2.16. The molecule has 0 bridgehead atoms. The first-order valence-electron chi connectivity index (χ1n) is 4.52. The number of hydrogen-bond acceptors (Lipinski definition) is 3. The normalized spacial score (nSPS) is 12.5. The summed E-state index contributed by atoms with van der Waals surface area (Å²) in [5.74, 6) is 0.0852. The summed E-state index contributed by atoms with van der Waals surface area (Å²) in [5, 5.41) is 11.6. The molecule has 0 heterocycles. The minimum absolute atomic E-state index is 0.0148. The van der Waals surface area contributed by atoms with Crippen LogP contribution in [0.25, 0.3) is 0 Å². The molecular weight excluding hydrogens is 294 g/mol. The fraction of sp³-hybridized carbons (Fsp3) is 0.222. The van der Waals surface area contributed by atoms with Crippen molar-refractivity contribution < 1.29 is 18.4 Å². The highest BCUT2D eigenvalue weighted by Gasteiger charge is 2.32. The van der Waals surface area contributed by atoms with Crippen molar-refractivity contribution in [3.8, 4) is 0 Å². The summed E-state index contributed by atoms with van der Waals surface area (Å²) in [6, 6.07) is 1.46. The maximum absolute atomic E-state index is 12.4. The van der Waals surface area contributed by atoms with Crippen LogP contribution in [0.3, 0.4) is 0 Å². The van der Waals surface area contributed by atoms with Crippen LogP contribution in [-0.4, -0.2) is 11.0 Å². The van der Waals surface area contributed by atoms with Gasteiger partial charge in [-0.2, -0.15) is 18.3 Å². The molecular formula is C9H8Cl2F3N3O. The van der Waals surface area contributed by atoms with Gasteiger partial charge in [0.1, 0.15) is 5.84 Å². The van der Waals surface area contributed by atoms with Crippen molar-refractivity contribution in [1.82, 2.24) is 5.48 Å². The number of alkyl halides is 3. The number of hydrazone groups is 1. The van der Waals surface area contributed by atoms with Gasteiger partial charge in [-0.3, -0.25) is 16.1 Å². The van der Waals surface area contributed by atoms with Crippen LogP contribution < -0.4 is 10.9 Å². The Morgan fingerprint density at radius 3 is 2.17 bits per heavy atom. The molecule has 100 valence electrons. The van der Waals surface area contributed by atoms with Crippen LogP contribution >= 0.6 is 23.2 Å². The first-order chi connectivity index (χ1) is 8.25. The Bertz CT molecular complexity index is 454. The molecule has 1 aromatic carbocycles. The molecule has 0 saturated carbocycles. The van der Waals surface area contributed by atoms with Crippen molar-refractivity contribution >= 4 is 34.7 Å². The number of nitrogens with zero attached hydrogens (tertiary/aromatic N) is 1. The summed E-state index contributed by atoms with van der Waals surface area (Å²) in [5.41, 5.74) is 3.14. The zero-order valence-electron chi connectivity index (χ0n) is 8.94. The molecule has 0 unspecified atom stereocenters. The maximum atomic E-state index is 12.4. The quantitative estimate of drug-likeness (QED) is 0.443. The van der Waals surface area contributed by atoms with Crippen molar-refractivity contribution in [3.63, 3.8) is 0 Å². The molecule has 0 aromatic heterocycles. The standard InChI is InChI=1S/C9H8Cl2F3N3O/c1-4(17-18)15-16-8-6(10)2-5(3-7(8)11)9(12,13)14/h2-3,16,18H,1H3,(H,15,17). The van der Waals surface area contributed by atoms with E-state index in [1.165, 1.54) is 6.92 Å². The highest BCUT2D eigenvalue weighted by atomic mass is 35.5. The lowest BCUT2D eigenvalue weighted by Gasteiger charge is -2.12. The molecule has 0 fully saturated rings. The van der Waals surface area contributed by atoms with E-state index in [4.69, 9.17) is 28.4 Å². The molecule has 0 aliphatic carbocycles. The Kier molecular flexibility index (Phi) is 4.66. The maximum Gasteiger partial charge on any atom is 0.416 e. The Morgan fingerprint density at radius 2 is 1.78 bits per heavy atom. The van der Waals surface area contributed by atoms with Gasteiger partial charge in [-0.25, -0.2) is 0 Å². The van der Waals surface area contributed by atoms with Crippen molar-refractivity contribution in [2.24, 2.45) is 5.10 Å². The lowest BCUT2D eigenvalue weighted by molar-refractivity contribution is -0.137. The van der Waals surface area contributed by atoms with E-state index in [1.54, 1.807) is 5.48 Å². The van der Waals surface area contributed by atoms with Crippen LogP contribution in [-0.2, 0) is 6.18 Å². The van der Waals surface area contributed by atoms with Gasteiger partial charge in [0.15, 0.2) is 0 Å². The SMILES string of the molecule is CC(=NNc1c(Cl)cc(C(F)(F)F)cc1Cl)NO. The Hall–Kier alpha value is -1.18. The zero-order valence-corrected chi connectivity index (χ0v) is 10.5. The number of rotatable bonds is 2. The van der Waals surface area contributed by atoms with Gasteiger partial charge in [-0.15, -0.1) is 0 Å². The summed E-state index contributed by atoms with van der Waals surface area (Å²) in [6.45, 7) is 1.42. The smallest absolute Gasteiger partial charge is 0.290 e. The minimum Gasteiger partial charge on any atom is -0.290 e. The Balaban J connectivity index is 3.10. The largest absolute Gasteiger partial charge is 0.416 e. The number of hydrogen-bond donors (Lipinski definition) is 3. The molecule has 0 spiro atoms. The van der Waals surface area contributed by atoms with E-state index >= 15 is 0 Å². The van der Waals surface area contributed by atoms with Gasteiger partial charge in [-0.1, -0.05) is 23.2 Å². The van der Waals surface area contributed by atoms with Crippen LogP contribution in [0.15, 0.2) is 17.2 Å². The Labute approximate surface area is 110 Å². The average molecular weight is 302 g/mol. The summed E-state index contributed by atoms with van der Waals surface area (Å²) < 4.78 is 37.3. The molecule has 0 radical (unpaired) electrons. The summed E-state index contributed by atoms with van der Waals surface area (Å²) in [7, 11) is 0. The van der Waals surface area contributed by atoms with Crippen LogP contribution in [0.4, 0.5) is 18.9 Å². The van der Waals surface area contributed by atoms with Gasteiger partial charge in [0.2, 0.25) is 0 Å². The molecule has 18 heavy (non-hydrogen) atoms. The second-order valence-corrected chi connectivity index (χ2v) is 4.05. The molecule has 0 aliphatic rings. The molecule has 3 N–H and O–H groups in total. The predicted molar refractivity (Wildman–Crippen MR) is 63.1 cm³/mol. The van der Waals surface area contributed by atoms with Crippen molar-refractivity contribution in [2.45, 2.75) is 13.1 Å². The highest BCUT2D eigenvalue weighted by molar-refractivity contribution is 6.39. The van der Waals surface area contributed by atoms with Gasteiger partial charge in [0.05, 0.1) is 21.3 Å². The van der Waals surface area contributed by atoms with Gasteiger partial charge >= 0.3 is 6.18 Å². The van der Waals surface area contributed by atoms with Crippen LogP contribution in [0, 0.1) is 0 Å². The predicted octanol–water partition coefficient (Wildman–Crippen LogP) is 3.74. The number of nitrogens with one attached hydrogen (secondary N) is 2. The summed E-state index contributed by atoms with van der Waals surface area (Å²) >= 11 is 11.3. The summed E-state index contributed by atoms with van der Waals surface area (Å²) in [4.78, 5) is 0. The van der Waals surface area contributed by atoms with E-state index in [0.29, 0.717) is 0 Å². The minimum atomic E-state index is -4.53. The van der Waals surface area contributed by atoms with E-state index in [0.717, 1.165) is 12.1 Å². The third-order valence-corrected chi connectivity index (χ3v) is 2.46. The number of hydroxylamine groups is 1. The van der Waals surface area contributed by atoms with Crippen LogP contribution in [0.2, 0.25) is 10.0 Å². The zero-order chi connectivity index (χ0) is 13.9. The van der Waals surface area contributed by atoms with Gasteiger partial charge in [-0.05, 0) is 19.1 Å². The molecule has 9 heteroatoms. The first kappa shape index (κ1) is 14.9. The average Bonchev–Trinajstić information content (AvgIpc) is 2.26. The third kappa shape index (κ3) is 3.66.